The van der Waals surface area contributed by atoms with Crippen LogP contribution in [-0.4, -0.2) is 24.5 Å². The van der Waals surface area contributed by atoms with Gasteiger partial charge in [0.25, 0.3) is 0 Å². The molecule has 0 amide bonds. The number of rotatable bonds is 5. The molecule has 0 aromatic heterocycles. The van der Waals surface area contributed by atoms with Gasteiger partial charge in [-0.1, -0.05) is 0 Å². The average molecular weight is 250 g/mol. The summed E-state index contributed by atoms with van der Waals surface area (Å²) in [6, 6.07) is 5.15. The SMILES string of the molecule is CCOc1ccc(C(=O)CNC(C)(C)C)cc1N. The number of benzene rings is 1. The summed E-state index contributed by atoms with van der Waals surface area (Å²) in [6.07, 6.45) is 0. The number of Topliss-reactive ketones (excluding diaryl/α,β-unsaturated/α-hetero) is 1. The lowest BCUT2D eigenvalue weighted by Crippen LogP contribution is -2.39. The lowest BCUT2D eigenvalue weighted by molar-refractivity contribution is 0.0982. The maximum absolute atomic E-state index is 12.0. The van der Waals surface area contributed by atoms with Crippen LogP contribution in [0.3, 0.4) is 0 Å². The summed E-state index contributed by atoms with van der Waals surface area (Å²) in [5.41, 5.74) is 6.86. The predicted octanol–water partition coefficient (Wildman–Crippen LogP) is 2.24. The van der Waals surface area contributed by atoms with Gasteiger partial charge in [-0.15, -0.1) is 0 Å². The van der Waals surface area contributed by atoms with E-state index in [1.54, 1.807) is 18.2 Å². The largest absolute Gasteiger partial charge is 0.492 e. The smallest absolute Gasteiger partial charge is 0.176 e. The van der Waals surface area contributed by atoms with Gasteiger partial charge in [-0.25, -0.2) is 0 Å². The number of carbonyl (C=O) groups excluding carboxylic acids is 1. The van der Waals surface area contributed by atoms with Gasteiger partial charge in [-0.2, -0.15) is 0 Å². The van der Waals surface area contributed by atoms with E-state index >= 15 is 0 Å². The van der Waals surface area contributed by atoms with E-state index in [-0.39, 0.29) is 11.3 Å². The zero-order valence-electron chi connectivity index (χ0n) is 11.5. The molecular formula is C14H22N2O2. The van der Waals surface area contributed by atoms with Crippen molar-refractivity contribution in [2.45, 2.75) is 33.2 Å². The van der Waals surface area contributed by atoms with E-state index in [4.69, 9.17) is 10.5 Å². The third-order valence-corrected chi connectivity index (χ3v) is 2.41. The Bertz CT molecular complexity index is 422. The highest BCUT2D eigenvalue weighted by Crippen LogP contribution is 2.22. The van der Waals surface area contributed by atoms with E-state index in [9.17, 15) is 4.79 Å². The molecule has 0 heterocycles. The Labute approximate surface area is 109 Å². The Balaban J connectivity index is 2.72. The summed E-state index contributed by atoms with van der Waals surface area (Å²) in [5, 5.41) is 3.16. The van der Waals surface area contributed by atoms with Gasteiger partial charge in [-0.3, -0.25) is 4.79 Å². The van der Waals surface area contributed by atoms with Gasteiger partial charge < -0.3 is 15.8 Å². The zero-order valence-corrected chi connectivity index (χ0v) is 11.5. The predicted molar refractivity (Wildman–Crippen MR) is 74.1 cm³/mol. The van der Waals surface area contributed by atoms with E-state index in [2.05, 4.69) is 5.32 Å². The fraction of sp³-hybridized carbons (Fsp3) is 0.500. The molecule has 0 fully saturated rings. The first-order chi connectivity index (χ1) is 8.33. The molecule has 100 valence electrons. The number of nitrogen functional groups attached to an aromatic ring is 1. The quantitative estimate of drug-likeness (QED) is 0.621. The summed E-state index contributed by atoms with van der Waals surface area (Å²) in [6.45, 7) is 8.82. The van der Waals surface area contributed by atoms with Crippen molar-refractivity contribution in [1.29, 1.82) is 0 Å². The van der Waals surface area contributed by atoms with E-state index in [0.29, 0.717) is 30.2 Å². The lowest BCUT2D eigenvalue weighted by atomic mass is 10.1. The minimum Gasteiger partial charge on any atom is -0.492 e. The van der Waals surface area contributed by atoms with Crippen molar-refractivity contribution < 1.29 is 9.53 Å². The van der Waals surface area contributed by atoms with Crippen molar-refractivity contribution in [3.05, 3.63) is 23.8 Å². The molecule has 1 rings (SSSR count). The normalized spacial score (nSPS) is 11.3. The molecule has 3 N–H and O–H groups in total. The van der Waals surface area contributed by atoms with Gasteiger partial charge in [0.1, 0.15) is 5.75 Å². The molecule has 0 aliphatic rings. The Morgan fingerprint density at radius 3 is 2.56 bits per heavy atom. The summed E-state index contributed by atoms with van der Waals surface area (Å²) in [7, 11) is 0. The molecule has 0 aliphatic carbocycles. The van der Waals surface area contributed by atoms with Gasteiger partial charge in [0.15, 0.2) is 5.78 Å². The number of hydrogen-bond acceptors (Lipinski definition) is 4. The number of anilines is 1. The molecule has 0 saturated carbocycles. The second-order valence-electron chi connectivity index (χ2n) is 5.21. The van der Waals surface area contributed by atoms with E-state index in [1.165, 1.54) is 0 Å². The van der Waals surface area contributed by atoms with Crippen LogP contribution < -0.4 is 15.8 Å². The van der Waals surface area contributed by atoms with Crippen LogP contribution >= 0.6 is 0 Å². The van der Waals surface area contributed by atoms with Crippen LogP contribution in [0.4, 0.5) is 5.69 Å². The molecule has 18 heavy (non-hydrogen) atoms. The van der Waals surface area contributed by atoms with Crippen LogP contribution in [0.1, 0.15) is 38.1 Å². The van der Waals surface area contributed by atoms with Gasteiger partial charge >= 0.3 is 0 Å². The van der Waals surface area contributed by atoms with Crippen LogP contribution in [0.25, 0.3) is 0 Å². The molecule has 4 heteroatoms. The molecule has 0 saturated heterocycles. The van der Waals surface area contributed by atoms with Crippen molar-refractivity contribution >= 4 is 11.5 Å². The molecule has 0 spiro atoms. The molecule has 1 aromatic carbocycles. The number of ether oxygens (including phenoxy) is 1. The van der Waals surface area contributed by atoms with E-state index < -0.39 is 0 Å². The van der Waals surface area contributed by atoms with Crippen molar-refractivity contribution in [1.82, 2.24) is 5.32 Å². The second kappa shape index (κ2) is 5.87. The fourth-order valence-electron chi connectivity index (χ4n) is 1.46. The minimum absolute atomic E-state index is 0.0275. The molecule has 0 unspecified atom stereocenters. The highest BCUT2D eigenvalue weighted by atomic mass is 16.5. The summed E-state index contributed by atoms with van der Waals surface area (Å²) in [4.78, 5) is 12.0. The molecule has 4 nitrogen and oxygen atoms in total. The third-order valence-electron chi connectivity index (χ3n) is 2.41. The first kappa shape index (κ1) is 14.5. The lowest BCUT2D eigenvalue weighted by Gasteiger charge is -2.20. The van der Waals surface area contributed by atoms with Gasteiger partial charge in [-0.05, 0) is 45.9 Å². The highest BCUT2D eigenvalue weighted by Gasteiger charge is 2.13. The Morgan fingerprint density at radius 2 is 2.06 bits per heavy atom. The standard InChI is InChI=1S/C14H22N2O2/c1-5-18-13-7-6-10(8-11(13)15)12(17)9-16-14(2,3)4/h6-8,16H,5,9,15H2,1-4H3. The topological polar surface area (TPSA) is 64.3 Å². The minimum atomic E-state index is -0.0769. The number of hydrogen-bond donors (Lipinski definition) is 2. The van der Waals surface area contributed by atoms with Crippen LogP contribution in [-0.2, 0) is 0 Å². The Hall–Kier alpha value is -1.55. The first-order valence-corrected chi connectivity index (χ1v) is 6.14. The fourth-order valence-corrected chi connectivity index (χ4v) is 1.46. The van der Waals surface area contributed by atoms with Crippen LogP contribution in [0.2, 0.25) is 0 Å². The average Bonchev–Trinajstić information content (AvgIpc) is 2.28. The first-order valence-electron chi connectivity index (χ1n) is 6.14. The number of ketones is 1. The van der Waals surface area contributed by atoms with Crippen LogP contribution in [0.5, 0.6) is 5.75 Å². The van der Waals surface area contributed by atoms with Crippen molar-refractivity contribution in [3.63, 3.8) is 0 Å². The van der Waals surface area contributed by atoms with Gasteiger partial charge in [0.2, 0.25) is 0 Å². The maximum Gasteiger partial charge on any atom is 0.176 e. The summed E-state index contributed by atoms with van der Waals surface area (Å²) in [5.74, 6) is 0.650. The molecule has 0 aliphatic heterocycles. The second-order valence-corrected chi connectivity index (χ2v) is 5.21. The number of nitrogens with two attached hydrogens (primary N) is 1. The van der Waals surface area contributed by atoms with E-state index in [1.807, 2.05) is 27.7 Å². The monoisotopic (exact) mass is 250 g/mol. The maximum atomic E-state index is 12.0. The summed E-state index contributed by atoms with van der Waals surface area (Å²) >= 11 is 0. The highest BCUT2D eigenvalue weighted by molar-refractivity contribution is 5.98. The summed E-state index contributed by atoms with van der Waals surface area (Å²) < 4.78 is 5.33. The van der Waals surface area contributed by atoms with Crippen molar-refractivity contribution in [2.24, 2.45) is 0 Å². The Morgan fingerprint density at radius 1 is 1.39 bits per heavy atom. The number of carbonyl (C=O) groups is 1. The van der Waals surface area contributed by atoms with Crippen LogP contribution in [0.15, 0.2) is 18.2 Å². The van der Waals surface area contributed by atoms with Crippen molar-refractivity contribution in [3.8, 4) is 5.75 Å². The van der Waals surface area contributed by atoms with Crippen molar-refractivity contribution in [2.75, 3.05) is 18.9 Å². The number of nitrogens with one attached hydrogen (secondary N) is 1. The molecule has 0 bridgehead atoms. The molecule has 0 atom stereocenters. The zero-order chi connectivity index (χ0) is 13.8. The molecular weight excluding hydrogens is 228 g/mol. The molecule has 0 radical (unpaired) electrons. The molecule has 1 aromatic rings. The van der Waals surface area contributed by atoms with Crippen LogP contribution in [0, 0.1) is 0 Å². The van der Waals surface area contributed by atoms with E-state index in [0.717, 1.165) is 0 Å². The third kappa shape index (κ3) is 4.37. The van der Waals surface area contributed by atoms with Gasteiger partial charge in [0, 0.05) is 11.1 Å². The Kier molecular flexibility index (Phi) is 4.73. The van der Waals surface area contributed by atoms with Gasteiger partial charge in [0.05, 0.1) is 18.8 Å².